The van der Waals surface area contributed by atoms with E-state index in [2.05, 4.69) is 5.32 Å². The molecule has 0 aliphatic rings. The first-order valence-corrected chi connectivity index (χ1v) is 7.63. The third kappa shape index (κ3) is 4.74. The molecule has 2 rings (SSSR count). The van der Waals surface area contributed by atoms with Gasteiger partial charge in [0.25, 0.3) is 5.91 Å². The molecule has 23 heavy (non-hydrogen) atoms. The minimum absolute atomic E-state index is 0.00297. The maximum Gasteiger partial charge on any atom is 0.258 e. The van der Waals surface area contributed by atoms with Crippen molar-refractivity contribution in [3.63, 3.8) is 0 Å². The summed E-state index contributed by atoms with van der Waals surface area (Å²) in [4.78, 5) is 12.0. The number of ether oxygens (including phenoxy) is 2. The molecule has 0 radical (unpaired) electrons. The molecule has 1 atom stereocenters. The number of carbonyl (C=O) groups is 1. The van der Waals surface area contributed by atoms with Crippen LogP contribution in [-0.4, -0.2) is 19.6 Å². The number of hydrogen-bond donors (Lipinski definition) is 1. The summed E-state index contributed by atoms with van der Waals surface area (Å²) in [5.41, 5.74) is 3.37. The zero-order valence-corrected chi connectivity index (χ0v) is 14.1. The lowest BCUT2D eigenvalue weighted by Gasteiger charge is -2.15. The van der Waals surface area contributed by atoms with Crippen molar-refractivity contribution in [1.29, 1.82) is 0 Å². The van der Waals surface area contributed by atoms with Crippen LogP contribution in [0.2, 0.25) is 0 Å². The first kappa shape index (κ1) is 16.9. The Bertz CT molecular complexity index is 665. The molecule has 0 heterocycles. The van der Waals surface area contributed by atoms with Crippen molar-refractivity contribution in [2.45, 2.75) is 26.8 Å². The summed E-state index contributed by atoms with van der Waals surface area (Å²) in [6.45, 7) is 6.01. The maximum absolute atomic E-state index is 12.0. The zero-order chi connectivity index (χ0) is 16.8. The number of carbonyl (C=O) groups excluding carboxylic acids is 1. The van der Waals surface area contributed by atoms with Crippen LogP contribution in [0.15, 0.2) is 42.5 Å². The monoisotopic (exact) mass is 313 g/mol. The summed E-state index contributed by atoms with van der Waals surface area (Å²) in [5.74, 6) is 1.36. The fraction of sp³-hybridized carbons (Fsp3) is 0.316. The van der Waals surface area contributed by atoms with E-state index in [1.54, 1.807) is 7.11 Å². The Morgan fingerprint density at radius 1 is 1.04 bits per heavy atom. The Hall–Kier alpha value is -2.49. The average Bonchev–Trinajstić information content (AvgIpc) is 2.56. The summed E-state index contributed by atoms with van der Waals surface area (Å²) in [5, 5.41) is 2.93. The van der Waals surface area contributed by atoms with Crippen molar-refractivity contribution < 1.29 is 14.3 Å². The van der Waals surface area contributed by atoms with Gasteiger partial charge >= 0.3 is 0 Å². The van der Waals surface area contributed by atoms with E-state index in [-0.39, 0.29) is 18.6 Å². The molecule has 0 aromatic heterocycles. The van der Waals surface area contributed by atoms with Crippen LogP contribution in [0.4, 0.5) is 0 Å². The molecule has 0 spiro atoms. The summed E-state index contributed by atoms with van der Waals surface area (Å²) < 4.78 is 10.7. The molecule has 4 nitrogen and oxygen atoms in total. The van der Waals surface area contributed by atoms with Gasteiger partial charge in [-0.2, -0.15) is 0 Å². The Morgan fingerprint density at radius 3 is 2.30 bits per heavy atom. The van der Waals surface area contributed by atoms with Crippen LogP contribution >= 0.6 is 0 Å². The molecule has 1 unspecified atom stereocenters. The Labute approximate surface area is 137 Å². The van der Waals surface area contributed by atoms with Crippen molar-refractivity contribution in [2.24, 2.45) is 0 Å². The molecule has 0 saturated carbocycles. The van der Waals surface area contributed by atoms with Gasteiger partial charge in [-0.1, -0.05) is 18.2 Å². The number of aryl methyl sites for hydroxylation is 2. The van der Waals surface area contributed by atoms with Gasteiger partial charge in [0.05, 0.1) is 13.2 Å². The molecule has 4 heteroatoms. The highest BCUT2D eigenvalue weighted by Gasteiger charge is 2.10. The van der Waals surface area contributed by atoms with Gasteiger partial charge in [0.2, 0.25) is 0 Å². The predicted octanol–water partition coefficient (Wildman–Crippen LogP) is 3.57. The topological polar surface area (TPSA) is 47.6 Å². The van der Waals surface area contributed by atoms with Crippen LogP contribution in [0.1, 0.15) is 29.7 Å². The average molecular weight is 313 g/mol. The lowest BCUT2D eigenvalue weighted by atomic mass is 10.1. The molecule has 0 aliphatic heterocycles. The second kappa shape index (κ2) is 7.68. The number of benzene rings is 2. The van der Waals surface area contributed by atoms with Gasteiger partial charge in [-0.05, 0) is 61.7 Å². The fourth-order valence-electron chi connectivity index (χ4n) is 2.21. The highest BCUT2D eigenvalue weighted by molar-refractivity contribution is 5.78. The van der Waals surface area contributed by atoms with E-state index in [0.29, 0.717) is 5.75 Å². The quantitative estimate of drug-likeness (QED) is 0.887. The van der Waals surface area contributed by atoms with E-state index in [0.717, 1.165) is 16.9 Å². The van der Waals surface area contributed by atoms with E-state index in [9.17, 15) is 4.79 Å². The standard InChI is InChI=1S/C19H23NO3/c1-13-5-8-18(11-14(13)2)23-12-19(21)20-15(3)16-6-9-17(22-4)10-7-16/h5-11,15H,12H2,1-4H3,(H,20,21). The zero-order valence-electron chi connectivity index (χ0n) is 14.1. The minimum Gasteiger partial charge on any atom is -0.497 e. The van der Waals surface area contributed by atoms with Crippen molar-refractivity contribution in [3.05, 3.63) is 59.2 Å². The maximum atomic E-state index is 12.0. The lowest BCUT2D eigenvalue weighted by Crippen LogP contribution is -2.31. The van der Waals surface area contributed by atoms with Crippen molar-refractivity contribution in [2.75, 3.05) is 13.7 Å². The van der Waals surface area contributed by atoms with E-state index in [1.807, 2.05) is 63.2 Å². The molecule has 2 aromatic carbocycles. The van der Waals surface area contributed by atoms with Crippen LogP contribution in [0.25, 0.3) is 0 Å². The number of hydrogen-bond acceptors (Lipinski definition) is 3. The largest absolute Gasteiger partial charge is 0.497 e. The highest BCUT2D eigenvalue weighted by Crippen LogP contribution is 2.18. The minimum atomic E-state index is -0.147. The molecule has 0 saturated heterocycles. The first-order valence-electron chi connectivity index (χ1n) is 7.63. The van der Waals surface area contributed by atoms with Crippen LogP contribution in [0, 0.1) is 13.8 Å². The lowest BCUT2D eigenvalue weighted by molar-refractivity contribution is -0.123. The Kier molecular flexibility index (Phi) is 5.63. The third-order valence-corrected chi connectivity index (χ3v) is 3.84. The van der Waals surface area contributed by atoms with Gasteiger partial charge in [0, 0.05) is 0 Å². The molecule has 0 fully saturated rings. The number of methoxy groups -OCH3 is 1. The number of rotatable bonds is 6. The molecule has 1 N–H and O–H groups in total. The van der Waals surface area contributed by atoms with Crippen LogP contribution in [-0.2, 0) is 4.79 Å². The summed E-state index contributed by atoms with van der Waals surface area (Å²) in [6.07, 6.45) is 0. The molecular weight excluding hydrogens is 290 g/mol. The van der Waals surface area contributed by atoms with Gasteiger partial charge in [-0.15, -0.1) is 0 Å². The van der Waals surface area contributed by atoms with Gasteiger partial charge in [0.1, 0.15) is 11.5 Å². The number of amides is 1. The Morgan fingerprint density at radius 2 is 1.70 bits per heavy atom. The molecule has 1 amide bonds. The molecule has 0 bridgehead atoms. The van der Waals surface area contributed by atoms with E-state index < -0.39 is 0 Å². The molecule has 122 valence electrons. The van der Waals surface area contributed by atoms with E-state index >= 15 is 0 Å². The van der Waals surface area contributed by atoms with E-state index in [4.69, 9.17) is 9.47 Å². The van der Waals surface area contributed by atoms with Crippen molar-refractivity contribution in [1.82, 2.24) is 5.32 Å². The normalized spacial score (nSPS) is 11.7. The van der Waals surface area contributed by atoms with Gasteiger partial charge in [-0.3, -0.25) is 4.79 Å². The van der Waals surface area contributed by atoms with Gasteiger partial charge in [-0.25, -0.2) is 0 Å². The third-order valence-electron chi connectivity index (χ3n) is 3.84. The summed E-state index contributed by atoms with van der Waals surface area (Å²) in [7, 11) is 1.63. The van der Waals surface area contributed by atoms with Crippen LogP contribution in [0.5, 0.6) is 11.5 Å². The second-order valence-corrected chi connectivity index (χ2v) is 5.60. The summed E-state index contributed by atoms with van der Waals surface area (Å²) in [6, 6.07) is 13.4. The van der Waals surface area contributed by atoms with Crippen molar-refractivity contribution >= 4 is 5.91 Å². The van der Waals surface area contributed by atoms with E-state index in [1.165, 1.54) is 5.56 Å². The molecular formula is C19H23NO3. The molecule has 2 aromatic rings. The second-order valence-electron chi connectivity index (χ2n) is 5.60. The van der Waals surface area contributed by atoms with Crippen molar-refractivity contribution in [3.8, 4) is 11.5 Å². The highest BCUT2D eigenvalue weighted by atomic mass is 16.5. The fourth-order valence-corrected chi connectivity index (χ4v) is 2.21. The SMILES string of the molecule is COc1ccc(C(C)NC(=O)COc2ccc(C)c(C)c2)cc1. The van der Waals surface area contributed by atoms with Gasteiger partial charge < -0.3 is 14.8 Å². The van der Waals surface area contributed by atoms with Crippen LogP contribution in [0.3, 0.4) is 0 Å². The smallest absolute Gasteiger partial charge is 0.258 e. The molecule has 0 aliphatic carbocycles. The first-order chi connectivity index (χ1) is 11.0. The summed E-state index contributed by atoms with van der Waals surface area (Å²) >= 11 is 0. The Balaban J connectivity index is 1.86. The van der Waals surface area contributed by atoms with Crippen LogP contribution < -0.4 is 14.8 Å². The van der Waals surface area contributed by atoms with Gasteiger partial charge in [0.15, 0.2) is 6.61 Å². The number of nitrogens with one attached hydrogen (secondary N) is 1. The predicted molar refractivity (Wildman–Crippen MR) is 91.0 cm³/mol.